The molecule has 1 aromatic carbocycles. The standard InChI is InChI=1S/C13H18N2O2S/c1-3-12-9-14(6-7-18-12)13-5-4-11(15(16)17)8-10(13)2/h4-5,8,12H,3,6-7,9H2,1-2H3. The zero-order valence-electron chi connectivity index (χ0n) is 10.8. The molecule has 1 unspecified atom stereocenters. The van der Waals surface area contributed by atoms with Crippen molar-refractivity contribution >= 4 is 23.1 Å². The second-order valence-corrected chi connectivity index (χ2v) is 5.98. The van der Waals surface area contributed by atoms with E-state index in [2.05, 4.69) is 11.8 Å². The lowest BCUT2D eigenvalue weighted by Crippen LogP contribution is -2.37. The summed E-state index contributed by atoms with van der Waals surface area (Å²) >= 11 is 2.03. The van der Waals surface area contributed by atoms with E-state index in [0.717, 1.165) is 30.1 Å². The zero-order valence-corrected chi connectivity index (χ0v) is 11.6. The van der Waals surface area contributed by atoms with Crippen LogP contribution in [0, 0.1) is 17.0 Å². The second-order valence-electron chi connectivity index (χ2n) is 4.57. The van der Waals surface area contributed by atoms with Crippen LogP contribution < -0.4 is 4.90 Å². The van der Waals surface area contributed by atoms with Crippen LogP contribution in [0.5, 0.6) is 0 Å². The SMILES string of the molecule is CCC1CN(c2ccc([N+](=O)[O-])cc2C)CCS1. The lowest BCUT2D eigenvalue weighted by molar-refractivity contribution is -0.384. The highest BCUT2D eigenvalue weighted by molar-refractivity contribution is 8.00. The molecule has 0 saturated carbocycles. The highest BCUT2D eigenvalue weighted by Gasteiger charge is 2.21. The van der Waals surface area contributed by atoms with Crippen LogP contribution in [0.4, 0.5) is 11.4 Å². The van der Waals surface area contributed by atoms with E-state index in [1.54, 1.807) is 12.1 Å². The molecule has 0 bridgehead atoms. The number of benzene rings is 1. The van der Waals surface area contributed by atoms with Crippen molar-refractivity contribution in [1.29, 1.82) is 0 Å². The van der Waals surface area contributed by atoms with E-state index in [9.17, 15) is 10.1 Å². The number of nitro groups is 1. The Hall–Kier alpha value is -1.23. The van der Waals surface area contributed by atoms with E-state index in [-0.39, 0.29) is 10.6 Å². The number of nitrogens with zero attached hydrogens (tertiary/aromatic N) is 2. The van der Waals surface area contributed by atoms with Gasteiger partial charge >= 0.3 is 0 Å². The van der Waals surface area contributed by atoms with Crippen molar-refractivity contribution < 1.29 is 4.92 Å². The van der Waals surface area contributed by atoms with Gasteiger partial charge in [-0.2, -0.15) is 11.8 Å². The fraction of sp³-hybridized carbons (Fsp3) is 0.538. The van der Waals surface area contributed by atoms with E-state index < -0.39 is 0 Å². The van der Waals surface area contributed by atoms with Gasteiger partial charge in [0.2, 0.25) is 0 Å². The van der Waals surface area contributed by atoms with Crippen molar-refractivity contribution in [3.05, 3.63) is 33.9 Å². The van der Waals surface area contributed by atoms with E-state index >= 15 is 0 Å². The van der Waals surface area contributed by atoms with Gasteiger partial charge < -0.3 is 4.90 Å². The minimum atomic E-state index is -0.336. The molecule has 5 heteroatoms. The average molecular weight is 266 g/mol. The van der Waals surface area contributed by atoms with Crippen LogP contribution >= 0.6 is 11.8 Å². The first kappa shape index (κ1) is 13.2. The topological polar surface area (TPSA) is 46.4 Å². The largest absolute Gasteiger partial charge is 0.369 e. The summed E-state index contributed by atoms with van der Waals surface area (Å²) in [5.41, 5.74) is 2.31. The van der Waals surface area contributed by atoms with E-state index in [1.165, 1.54) is 6.42 Å². The first-order valence-electron chi connectivity index (χ1n) is 6.23. The molecule has 1 fully saturated rings. The minimum absolute atomic E-state index is 0.176. The maximum atomic E-state index is 10.7. The molecule has 1 heterocycles. The molecule has 0 aliphatic carbocycles. The predicted octanol–water partition coefficient (Wildman–Crippen LogP) is 3.24. The number of non-ortho nitro benzene ring substituents is 1. The molecule has 0 N–H and O–H groups in total. The first-order valence-corrected chi connectivity index (χ1v) is 7.28. The molecule has 4 nitrogen and oxygen atoms in total. The lowest BCUT2D eigenvalue weighted by atomic mass is 10.1. The summed E-state index contributed by atoms with van der Waals surface area (Å²) in [7, 11) is 0. The Morgan fingerprint density at radius 1 is 1.56 bits per heavy atom. The zero-order chi connectivity index (χ0) is 13.1. The van der Waals surface area contributed by atoms with Crippen LogP contribution in [-0.2, 0) is 0 Å². The van der Waals surface area contributed by atoms with E-state index in [4.69, 9.17) is 0 Å². The molecule has 0 radical (unpaired) electrons. The highest BCUT2D eigenvalue weighted by atomic mass is 32.2. The Labute approximate surface area is 112 Å². The van der Waals surface area contributed by atoms with Gasteiger partial charge in [0, 0.05) is 41.9 Å². The third-order valence-corrected chi connectivity index (χ3v) is 4.70. The van der Waals surface area contributed by atoms with Gasteiger partial charge in [0.25, 0.3) is 5.69 Å². The molecule has 1 saturated heterocycles. The molecule has 0 spiro atoms. The van der Waals surface area contributed by atoms with Gasteiger partial charge in [-0.25, -0.2) is 0 Å². The minimum Gasteiger partial charge on any atom is -0.369 e. The summed E-state index contributed by atoms with van der Waals surface area (Å²) in [5.74, 6) is 1.13. The van der Waals surface area contributed by atoms with Gasteiger partial charge in [-0.1, -0.05) is 6.92 Å². The van der Waals surface area contributed by atoms with Crippen LogP contribution in [0.25, 0.3) is 0 Å². The summed E-state index contributed by atoms with van der Waals surface area (Å²) in [6.45, 7) is 6.23. The average Bonchev–Trinajstić information content (AvgIpc) is 2.38. The molecule has 18 heavy (non-hydrogen) atoms. The smallest absolute Gasteiger partial charge is 0.269 e. The van der Waals surface area contributed by atoms with Gasteiger partial charge in [0.05, 0.1) is 4.92 Å². The Kier molecular flexibility index (Phi) is 4.11. The van der Waals surface area contributed by atoms with Gasteiger partial charge in [-0.15, -0.1) is 0 Å². The summed E-state index contributed by atoms with van der Waals surface area (Å²) < 4.78 is 0. The number of hydrogen-bond donors (Lipinski definition) is 0. The maximum Gasteiger partial charge on any atom is 0.269 e. The number of hydrogen-bond acceptors (Lipinski definition) is 4. The molecule has 0 amide bonds. The molecule has 1 atom stereocenters. The number of anilines is 1. The van der Waals surface area contributed by atoms with E-state index in [0.29, 0.717) is 5.25 Å². The number of aryl methyl sites for hydroxylation is 1. The molecule has 1 aromatic rings. The van der Waals surface area contributed by atoms with Crippen LogP contribution in [0.3, 0.4) is 0 Å². The quantitative estimate of drug-likeness (QED) is 0.622. The number of nitro benzene ring substituents is 1. The van der Waals surface area contributed by atoms with Crippen molar-refractivity contribution in [3.63, 3.8) is 0 Å². The Morgan fingerprint density at radius 3 is 2.94 bits per heavy atom. The number of rotatable bonds is 3. The monoisotopic (exact) mass is 266 g/mol. The van der Waals surface area contributed by atoms with Crippen molar-refractivity contribution in [1.82, 2.24) is 0 Å². The summed E-state index contributed by atoms with van der Waals surface area (Å²) in [6, 6.07) is 5.15. The molecule has 0 aromatic heterocycles. The Morgan fingerprint density at radius 2 is 2.33 bits per heavy atom. The maximum absolute atomic E-state index is 10.7. The summed E-state index contributed by atoms with van der Waals surface area (Å²) in [5, 5.41) is 11.4. The van der Waals surface area contributed by atoms with Gasteiger partial charge in [0.15, 0.2) is 0 Å². The predicted molar refractivity (Wildman–Crippen MR) is 76.6 cm³/mol. The van der Waals surface area contributed by atoms with Gasteiger partial charge in [-0.3, -0.25) is 10.1 Å². The second kappa shape index (κ2) is 5.61. The molecular formula is C13H18N2O2S. The molecule has 1 aliphatic heterocycles. The van der Waals surface area contributed by atoms with Gasteiger partial charge in [0.1, 0.15) is 0 Å². The van der Waals surface area contributed by atoms with Crippen LogP contribution in [0.15, 0.2) is 18.2 Å². The van der Waals surface area contributed by atoms with Crippen LogP contribution in [0.1, 0.15) is 18.9 Å². The normalized spacial score (nSPS) is 19.9. The van der Waals surface area contributed by atoms with Crippen molar-refractivity contribution in [2.24, 2.45) is 0 Å². The van der Waals surface area contributed by atoms with Crippen molar-refractivity contribution in [2.75, 3.05) is 23.7 Å². The molecule has 98 valence electrons. The summed E-state index contributed by atoms with van der Waals surface area (Å²) in [6.07, 6.45) is 1.17. The number of thioether (sulfide) groups is 1. The third kappa shape index (κ3) is 2.77. The fourth-order valence-corrected chi connectivity index (χ4v) is 3.47. The van der Waals surface area contributed by atoms with E-state index in [1.807, 2.05) is 24.8 Å². The lowest BCUT2D eigenvalue weighted by Gasteiger charge is -2.34. The Balaban J connectivity index is 2.20. The third-order valence-electron chi connectivity index (χ3n) is 3.33. The van der Waals surface area contributed by atoms with Crippen LogP contribution in [0.2, 0.25) is 0 Å². The highest BCUT2D eigenvalue weighted by Crippen LogP contribution is 2.29. The molecular weight excluding hydrogens is 248 g/mol. The van der Waals surface area contributed by atoms with Crippen molar-refractivity contribution in [2.45, 2.75) is 25.5 Å². The summed E-state index contributed by atoms with van der Waals surface area (Å²) in [4.78, 5) is 12.7. The Bertz CT molecular complexity index is 451. The van der Waals surface area contributed by atoms with Crippen LogP contribution in [-0.4, -0.2) is 29.0 Å². The van der Waals surface area contributed by atoms with Gasteiger partial charge in [-0.05, 0) is 25.0 Å². The molecule has 1 aliphatic rings. The first-order chi connectivity index (χ1) is 8.61. The molecule has 2 rings (SSSR count). The fourth-order valence-electron chi connectivity index (χ4n) is 2.29. The van der Waals surface area contributed by atoms with Crippen molar-refractivity contribution in [3.8, 4) is 0 Å².